The number of rotatable bonds is 3. The summed E-state index contributed by atoms with van der Waals surface area (Å²) in [6.07, 6.45) is 1.70. The van der Waals surface area contributed by atoms with Crippen LogP contribution in [0.1, 0.15) is 5.56 Å². The van der Waals surface area contributed by atoms with Gasteiger partial charge in [0.25, 0.3) is 5.56 Å². The van der Waals surface area contributed by atoms with Gasteiger partial charge in [0, 0.05) is 22.8 Å². The van der Waals surface area contributed by atoms with Crippen molar-refractivity contribution in [1.82, 2.24) is 9.55 Å². The molecule has 4 nitrogen and oxygen atoms in total. The van der Waals surface area contributed by atoms with Crippen LogP contribution in [0, 0.1) is 6.92 Å². The molecule has 2 aromatic heterocycles. The van der Waals surface area contributed by atoms with E-state index in [1.165, 1.54) is 15.9 Å². The zero-order chi connectivity index (χ0) is 15.0. The van der Waals surface area contributed by atoms with E-state index in [9.17, 15) is 4.79 Å². The molecule has 0 aliphatic rings. The number of fused-ring (bicyclic) bond motifs is 1. The molecule has 21 heavy (non-hydrogen) atoms. The molecule has 0 atom stereocenters. The van der Waals surface area contributed by atoms with E-state index >= 15 is 0 Å². The minimum Gasteiger partial charge on any atom is -0.395 e. The maximum absolute atomic E-state index is 12.3. The highest BCUT2D eigenvalue weighted by Gasteiger charge is 2.13. The smallest absolute Gasteiger partial charge is 0.278 e. The van der Waals surface area contributed by atoms with Crippen molar-refractivity contribution < 1.29 is 5.11 Å². The second-order valence-electron chi connectivity index (χ2n) is 4.68. The normalized spacial score (nSPS) is 11.2. The van der Waals surface area contributed by atoms with E-state index in [0.29, 0.717) is 5.52 Å². The molecule has 1 aromatic carbocycles. The van der Waals surface area contributed by atoms with Crippen LogP contribution in [0.25, 0.3) is 20.8 Å². The Morgan fingerprint density at radius 1 is 1.38 bits per heavy atom. The molecule has 0 aliphatic carbocycles. The molecule has 0 aliphatic heterocycles. The number of aliphatic hydroxyl groups excluding tert-OH is 1. The molecule has 108 valence electrons. The Bertz CT molecular complexity index is 870. The Morgan fingerprint density at radius 3 is 2.95 bits per heavy atom. The van der Waals surface area contributed by atoms with Crippen molar-refractivity contribution in [2.24, 2.45) is 0 Å². The van der Waals surface area contributed by atoms with Crippen molar-refractivity contribution in [2.75, 3.05) is 6.61 Å². The van der Waals surface area contributed by atoms with E-state index < -0.39 is 0 Å². The van der Waals surface area contributed by atoms with Gasteiger partial charge in [0.15, 0.2) is 0 Å². The lowest BCUT2D eigenvalue weighted by atomic mass is 10.1. The largest absolute Gasteiger partial charge is 0.395 e. The van der Waals surface area contributed by atoms with Gasteiger partial charge >= 0.3 is 0 Å². The summed E-state index contributed by atoms with van der Waals surface area (Å²) in [7, 11) is 0. The first kappa shape index (κ1) is 14.4. The molecular weight excluding hydrogens is 352 g/mol. The molecule has 3 aromatic rings. The van der Waals surface area contributed by atoms with Gasteiger partial charge in [-0.05, 0) is 24.6 Å². The fourth-order valence-electron chi connectivity index (χ4n) is 2.20. The van der Waals surface area contributed by atoms with Crippen LogP contribution < -0.4 is 5.56 Å². The van der Waals surface area contributed by atoms with Gasteiger partial charge in [-0.15, -0.1) is 11.3 Å². The van der Waals surface area contributed by atoms with Gasteiger partial charge in [-0.3, -0.25) is 4.79 Å². The summed E-state index contributed by atoms with van der Waals surface area (Å²) in [5.41, 5.74) is 2.44. The van der Waals surface area contributed by atoms with Gasteiger partial charge in [0.05, 0.1) is 11.3 Å². The van der Waals surface area contributed by atoms with Crippen molar-refractivity contribution in [1.29, 1.82) is 0 Å². The number of hydrogen-bond acceptors (Lipinski definition) is 4. The summed E-state index contributed by atoms with van der Waals surface area (Å²) in [5.74, 6) is 0. The number of aromatic nitrogens is 2. The van der Waals surface area contributed by atoms with Crippen molar-refractivity contribution in [3.8, 4) is 10.6 Å². The fourth-order valence-corrected chi connectivity index (χ4v) is 3.60. The van der Waals surface area contributed by atoms with Gasteiger partial charge in [0.2, 0.25) is 0 Å². The van der Waals surface area contributed by atoms with E-state index in [2.05, 4.69) is 20.9 Å². The third-order valence-electron chi connectivity index (χ3n) is 3.36. The van der Waals surface area contributed by atoms with Crippen LogP contribution in [0.3, 0.4) is 0 Å². The van der Waals surface area contributed by atoms with E-state index in [1.54, 1.807) is 6.20 Å². The average molecular weight is 365 g/mol. The Morgan fingerprint density at radius 2 is 2.19 bits per heavy atom. The predicted octanol–water partition coefficient (Wildman–Crippen LogP) is 3.19. The first-order valence-electron chi connectivity index (χ1n) is 6.48. The third-order valence-corrected chi connectivity index (χ3v) is 5.27. The standard InChI is InChI=1S/C15H13BrN2O2S/c1-9-10(3-2-4-11(9)16)14-17-13-12(21-14)5-6-18(7-8-19)15(13)20/h2-6,19H,7-8H2,1H3. The van der Waals surface area contributed by atoms with Gasteiger partial charge in [0.1, 0.15) is 10.5 Å². The number of benzene rings is 1. The maximum Gasteiger partial charge on any atom is 0.278 e. The van der Waals surface area contributed by atoms with Gasteiger partial charge in [-0.25, -0.2) is 4.98 Å². The van der Waals surface area contributed by atoms with Gasteiger partial charge in [-0.2, -0.15) is 0 Å². The Labute approximate surface area is 133 Å². The first-order valence-corrected chi connectivity index (χ1v) is 8.09. The molecule has 0 unspecified atom stereocenters. The van der Waals surface area contributed by atoms with Crippen molar-refractivity contribution in [2.45, 2.75) is 13.5 Å². The topological polar surface area (TPSA) is 55.1 Å². The van der Waals surface area contributed by atoms with E-state index in [0.717, 1.165) is 25.3 Å². The highest BCUT2D eigenvalue weighted by atomic mass is 79.9. The fraction of sp³-hybridized carbons (Fsp3) is 0.200. The van der Waals surface area contributed by atoms with Crippen LogP contribution >= 0.6 is 27.3 Å². The lowest BCUT2D eigenvalue weighted by molar-refractivity contribution is 0.274. The van der Waals surface area contributed by atoms with Gasteiger partial charge in [-0.1, -0.05) is 28.1 Å². The van der Waals surface area contributed by atoms with Crippen molar-refractivity contribution >= 4 is 37.5 Å². The molecule has 3 rings (SSSR count). The molecular formula is C15H13BrN2O2S. The number of hydrogen-bond donors (Lipinski definition) is 1. The van der Waals surface area contributed by atoms with E-state index in [4.69, 9.17) is 5.11 Å². The Hall–Kier alpha value is -1.50. The quantitative estimate of drug-likeness (QED) is 0.776. The summed E-state index contributed by atoms with van der Waals surface area (Å²) >= 11 is 5.02. The third kappa shape index (κ3) is 2.54. The second kappa shape index (κ2) is 5.71. The lowest BCUT2D eigenvalue weighted by Gasteiger charge is -2.03. The second-order valence-corrected chi connectivity index (χ2v) is 6.57. The highest BCUT2D eigenvalue weighted by molar-refractivity contribution is 9.10. The zero-order valence-electron chi connectivity index (χ0n) is 11.3. The number of pyridine rings is 1. The first-order chi connectivity index (χ1) is 10.1. The number of aliphatic hydroxyl groups is 1. The monoisotopic (exact) mass is 364 g/mol. The molecule has 0 saturated heterocycles. The van der Waals surface area contributed by atoms with Crippen LogP contribution in [0.4, 0.5) is 0 Å². The summed E-state index contributed by atoms with van der Waals surface area (Å²) in [6.45, 7) is 2.25. The average Bonchev–Trinajstić information content (AvgIpc) is 2.90. The van der Waals surface area contributed by atoms with Crippen LogP contribution in [-0.2, 0) is 6.54 Å². The predicted molar refractivity (Wildman–Crippen MR) is 88.8 cm³/mol. The molecule has 1 N–H and O–H groups in total. The molecule has 0 fully saturated rings. The minimum atomic E-state index is -0.156. The summed E-state index contributed by atoms with van der Waals surface area (Å²) in [5, 5.41) is 9.82. The molecule has 0 amide bonds. The molecule has 0 radical (unpaired) electrons. The zero-order valence-corrected chi connectivity index (χ0v) is 13.7. The maximum atomic E-state index is 12.3. The molecule has 0 bridgehead atoms. The molecule has 0 saturated carbocycles. The summed E-state index contributed by atoms with van der Waals surface area (Å²) < 4.78 is 3.38. The number of nitrogens with zero attached hydrogens (tertiary/aromatic N) is 2. The van der Waals surface area contributed by atoms with Crippen LogP contribution in [0.2, 0.25) is 0 Å². The SMILES string of the molecule is Cc1c(Br)cccc1-c1nc2c(=O)n(CCO)ccc2s1. The summed E-state index contributed by atoms with van der Waals surface area (Å²) in [6, 6.07) is 7.83. The molecule has 0 spiro atoms. The van der Waals surface area contributed by atoms with E-state index in [1.807, 2.05) is 31.2 Å². The van der Waals surface area contributed by atoms with Crippen molar-refractivity contribution in [3.05, 3.63) is 50.9 Å². The Balaban J connectivity index is 2.20. The molecule has 2 heterocycles. The van der Waals surface area contributed by atoms with Crippen molar-refractivity contribution in [3.63, 3.8) is 0 Å². The molecule has 6 heteroatoms. The van der Waals surface area contributed by atoms with Crippen LogP contribution in [0.15, 0.2) is 39.7 Å². The van der Waals surface area contributed by atoms with Gasteiger partial charge < -0.3 is 9.67 Å². The van der Waals surface area contributed by atoms with Crippen LogP contribution in [0.5, 0.6) is 0 Å². The highest BCUT2D eigenvalue weighted by Crippen LogP contribution is 2.33. The lowest BCUT2D eigenvalue weighted by Crippen LogP contribution is -2.20. The number of thiazole rings is 1. The van der Waals surface area contributed by atoms with Crippen LogP contribution in [-0.4, -0.2) is 21.3 Å². The Kier molecular flexibility index (Phi) is 3.93. The minimum absolute atomic E-state index is 0.0624. The van der Waals surface area contributed by atoms with E-state index in [-0.39, 0.29) is 18.7 Å². The number of halogens is 1. The summed E-state index contributed by atoms with van der Waals surface area (Å²) in [4.78, 5) is 16.8.